The molecule has 0 bridgehead atoms. The maximum atomic E-state index is 12.1. The first kappa shape index (κ1) is 13.4. The van der Waals surface area contributed by atoms with E-state index in [2.05, 4.69) is 20.5 Å². The number of anilines is 1. The molecule has 0 radical (unpaired) electrons. The highest BCUT2D eigenvalue weighted by atomic mass is 32.1. The minimum absolute atomic E-state index is 0.0576. The summed E-state index contributed by atoms with van der Waals surface area (Å²) in [6.07, 6.45) is 0. The van der Waals surface area contributed by atoms with Crippen molar-refractivity contribution < 1.29 is 9.21 Å². The van der Waals surface area contributed by atoms with E-state index < -0.39 is 0 Å². The number of aromatic nitrogens is 3. The Morgan fingerprint density at radius 1 is 1.29 bits per heavy atom. The predicted octanol–water partition coefficient (Wildman–Crippen LogP) is 3.06. The zero-order valence-electron chi connectivity index (χ0n) is 11.5. The molecule has 106 valence electrons. The minimum atomic E-state index is -0.289. The van der Waals surface area contributed by atoms with Crippen molar-refractivity contribution in [2.75, 3.05) is 5.32 Å². The zero-order valence-corrected chi connectivity index (χ0v) is 12.3. The lowest BCUT2D eigenvalue weighted by atomic mass is 10.1. The van der Waals surface area contributed by atoms with Gasteiger partial charge in [-0.3, -0.25) is 10.1 Å². The largest absolute Gasteiger partial charge is 0.401 e. The van der Waals surface area contributed by atoms with Crippen LogP contribution < -0.4 is 5.32 Å². The molecule has 3 aromatic rings. The lowest BCUT2D eigenvalue weighted by Gasteiger charge is -2.01. The molecule has 3 rings (SSSR count). The average molecular weight is 300 g/mol. The Morgan fingerprint density at radius 2 is 2.14 bits per heavy atom. The number of rotatable bonds is 3. The van der Waals surface area contributed by atoms with Gasteiger partial charge in [-0.15, -0.1) is 16.4 Å². The number of carbonyl (C=O) groups excluding carboxylic acids is 1. The molecule has 0 spiro atoms. The summed E-state index contributed by atoms with van der Waals surface area (Å²) < 4.78 is 5.40. The summed E-state index contributed by atoms with van der Waals surface area (Å²) in [5.41, 5.74) is 2.16. The van der Waals surface area contributed by atoms with Crippen LogP contribution in [0, 0.1) is 13.8 Å². The van der Waals surface area contributed by atoms with Gasteiger partial charge in [-0.05, 0) is 26.0 Å². The van der Waals surface area contributed by atoms with Gasteiger partial charge in [0.05, 0.1) is 5.01 Å². The molecule has 2 aromatic heterocycles. The van der Waals surface area contributed by atoms with Crippen LogP contribution in [0.3, 0.4) is 0 Å². The van der Waals surface area contributed by atoms with Gasteiger partial charge in [0, 0.05) is 10.9 Å². The van der Waals surface area contributed by atoms with Crippen molar-refractivity contribution in [1.82, 2.24) is 15.2 Å². The van der Waals surface area contributed by atoms with Crippen molar-refractivity contribution in [2.24, 2.45) is 0 Å². The second-order valence-electron chi connectivity index (χ2n) is 4.49. The fourth-order valence-electron chi connectivity index (χ4n) is 1.79. The third-order valence-corrected chi connectivity index (χ3v) is 3.54. The molecule has 1 aromatic carbocycles. The van der Waals surface area contributed by atoms with E-state index in [0.29, 0.717) is 17.1 Å². The van der Waals surface area contributed by atoms with E-state index in [-0.39, 0.29) is 11.9 Å². The van der Waals surface area contributed by atoms with Gasteiger partial charge in [0.1, 0.15) is 5.69 Å². The number of hydrogen-bond acceptors (Lipinski definition) is 6. The van der Waals surface area contributed by atoms with Gasteiger partial charge in [0.15, 0.2) is 0 Å². The Labute approximate surface area is 124 Å². The molecule has 0 unspecified atom stereocenters. The Bertz CT molecular complexity index is 794. The highest BCUT2D eigenvalue weighted by Crippen LogP contribution is 2.21. The predicted molar refractivity (Wildman–Crippen MR) is 79.3 cm³/mol. The highest BCUT2D eigenvalue weighted by molar-refractivity contribution is 7.09. The normalized spacial score (nSPS) is 10.6. The van der Waals surface area contributed by atoms with Gasteiger partial charge in [-0.25, -0.2) is 4.98 Å². The van der Waals surface area contributed by atoms with Crippen LogP contribution in [0.1, 0.15) is 20.9 Å². The fourth-order valence-corrected chi connectivity index (χ4v) is 2.38. The van der Waals surface area contributed by atoms with E-state index in [4.69, 9.17) is 4.42 Å². The number of hydrogen-bond donors (Lipinski definition) is 1. The van der Waals surface area contributed by atoms with Gasteiger partial charge < -0.3 is 4.42 Å². The lowest BCUT2D eigenvalue weighted by molar-refractivity contribution is 0.102. The second kappa shape index (κ2) is 5.45. The van der Waals surface area contributed by atoms with Crippen LogP contribution >= 0.6 is 11.3 Å². The van der Waals surface area contributed by atoms with E-state index in [9.17, 15) is 4.79 Å². The summed E-state index contributed by atoms with van der Waals surface area (Å²) in [5.74, 6) is 0.00208. The number of aryl methyl sites for hydroxylation is 2. The van der Waals surface area contributed by atoms with Crippen molar-refractivity contribution in [3.63, 3.8) is 0 Å². The molecule has 0 fully saturated rings. The summed E-state index contributed by atoms with van der Waals surface area (Å²) in [5, 5.41) is 13.0. The van der Waals surface area contributed by atoms with E-state index >= 15 is 0 Å². The van der Waals surface area contributed by atoms with E-state index in [0.717, 1.165) is 10.6 Å². The molecule has 0 aliphatic rings. The molecule has 0 atom stereocenters. The van der Waals surface area contributed by atoms with Crippen LogP contribution in [-0.2, 0) is 0 Å². The van der Waals surface area contributed by atoms with E-state index in [1.54, 1.807) is 12.1 Å². The fraction of sp³-hybridized carbons (Fsp3) is 0.143. The van der Waals surface area contributed by atoms with Crippen molar-refractivity contribution >= 4 is 23.3 Å². The molecule has 6 nitrogen and oxygen atoms in total. The molecule has 0 aliphatic carbocycles. The summed E-state index contributed by atoms with van der Waals surface area (Å²) in [7, 11) is 0. The van der Waals surface area contributed by atoms with E-state index in [1.807, 2.05) is 31.4 Å². The van der Waals surface area contributed by atoms with Crippen LogP contribution in [-0.4, -0.2) is 21.1 Å². The first-order chi connectivity index (χ1) is 10.1. The summed E-state index contributed by atoms with van der Waals surface area (Å²) in [4.78, 5) is 16.3. The van der Waals surface area contributed by atoms with Gasteiger partial charge in [0.2, 0.25) is 0 Å². The van der Waals surface area contributed by atoms with Crippen LogP contribution in [0.2, 0.25) is 0 Å². The molecular formula is C14H12N4O2S. The molecule has 1 N–H and O–H groups in total. The van der Waals surface area contributed by atoms with Crippen molar-refractivity contribution in [2.45, 2.75) is 13.8 Å². The van der Waals surface area contributed by atoms with Crippen molar-refractivity contribution in [3.8, 4) is 11.6 Å². The summed E-state index contributed by atoms with van der Waals surface area (Å²) >= 11 is 1.49. The van der Waals surface area contributed by atoms with Crippen molar-refractivity contribution in [1.29, 1.82) is 0 Å². The first-order valence-electron chi connectivity index (χ1n) is 6.26. The molecular weight excluding hydrogens is 288 g/mol. The Balaban J connectivity index is 1.77. The zero-order chi connectivity index (χ0) is 14.8. The molecule has 7 heteroatoms. The molecule has 0 aliphatic heterocycles. The number of benzene rings is 1. The van der Waals surface area contributed by atoms with Gasteiger partial charge >= 0.3 is 6.01 Å². The van der Waals surface area contributed by atoms with Crippen LogP contribution in [0.15, 0.2) is 34.1 Å². The first-order valence-corrected chi connectivity index (χ1v) is 7.14. The van der Waals surface area contributed by atoms with Crippen LogP contribution in [0.4, 0.5) is 6.01 Å². The van der Waals surface area contributed by atoms with Crippen LogP contribution in [0.25, 0.3) is 11.6 Å². The highest BCUT2D eigenvalue weighted by Gasteiger charge is 2.14. The Hall–Kier alpha value is -2.54. The Morgan fingerprint density at radius 3 is 2.86 bits per heavy atom. The number of nitrogens with one attached hydrogen (secondary N) is 1. The number of carbonyl (C=O) groups is 1. The van der Waals surface area contributed by atoms with Gasteiger partial charge in [0.25, 0.3) is 11.8 Å². The maximum Gasteiger partial charge on any atom is 0.322 e. The average Bonchev–Trinajstić information content (AvgIpc) is 3.07. The molecule has 21 heavy (non-hydrogen) atoms. The quantitative estimate of drug-likeness (QED) is 0.804. The van der Waals surface area contributed by atoms with Crippen molar-refractivity contribution in [3.05, 3.63) is 45.8 Å². The van der Waals surface area contributed by atoms with E-state index in [1.165, 1.54) is 11.3 Å². The van der Waals surface area contributed by atoms with Gasteiger partial charge in [-0.1, -0.05) is 22.8 Å². The number of thiazole rings is 1. The third kappa shape index (κ3) is 2.97. The minimum Gasteiger partial charge on any atom is -0.401 e. The molecule has 0 saturated heterocycles. The standard InChI is InChI=1S/C14H12N4O2S/c1-8-4-3-5-10(6-8)12(19)16-14-18-17-13(20-14)11-7-21-9(2)15-11/h3-7H,1-2H3,(H,16,18,19). The topological polar surface area (TPSA) is 80.9 Å². The third-order valence-electron chi connectivity index (χ3n) is 2.76. The molecule has 2 heterocycles. The summed E-state index contributed by atoms with van der Waals surface area (Å²) in [6.45, 7) is 3.82. The number of amides is 1. The molecule has 0 saturated carbocycles. The van der Waals surface area contributed by atoms with Gasteiger partial charge in [-0.2, -0.15) is 0 Å². The lowest BCUT2D eigenvalue weighted by Crippen LogP contribution is -2.12. The monoisotopic (exact) mass is 300 g/mol. The molecule has 1 amide bonds. The smallest absolute Gasteiger partial charge is 0.322 e. The van der Waals surface area contributed by atoms with Crippen LogP contribution in [0.5, 0.6) is 0 Å². The maximum absolute atomic E-state index is 12.1. The summed E-state index contributed by atoms with van der Waals surface area (Å²) in [6, 6.07) is 7.32. The SMILES string of the molecule is Cc1cccc(C(=O)Nc2nnc(-c3csc(C)n3)o2)c1. The second-order valence-corrected chi connectivity index (χ2v) is 5.55. The Kier molecular flexibility index (Phi) is 3.49. The number of nitrogens with zero attached hydrogens (tertiary/aromatic N) is 3.